The molecule has 1 aromatic carbocycles. The third-order valence-corrected chi connectivity index (χ3v) is 3.10. The van der Waals surface area contributed by atoms with Crippen molar-refractivity contribution in [3.05, 3.63) is 23.8 Å². The van der Waals surface area contributed by atoms with Crippen molar-refractivity contribution in [2.24, 2.45) is 5.73 Å². The van der Waals surface area contributed by atoms with Crippen molar-refractivity contribution in [3.8, 4) is 11.5 Å². The van der Waals surface area contributed by atoms with Gasteiger partial charge in [-0.25, -0.2) is 4.79 Å². The summed E-state index contributed by atoms with van der Waals surface area (Å²) in [7, 11) is 0. The minimum absolute atomic E-state index is 0.0577. The number of aliphatic carboxylic acids is 1. The van der Waals surface area contributed by atoms with Gasteiger partial charge >= 0.3 is 11.9 Å². The lowest BCUT2D eigenvalue weighted by atomic mass is 10.1. The molecule has 132 valence electrons. The van der Waals surface area contributed by atoms with Gasteiger partial charge in [-0.1, -0.05) is 6.07 Å². The molecule has 1 rings (SSSR count). The van der Waals surface area contributed by atoms with E-state index in [1.165, 1.54) is 25.1 Å². The van der Waals surface area contributed by atoms with Crippen LogP contribution in [0.15, 0.2) is 18.2 Å². The molecule has 9 heteroatoms. The van der Waals surface area contributed by atoms with E-state index in [2.05, 4.69) is 5.32 Å². The van der Waals surface area contributed by atoms with E-state index in [1.54, 1.807) is 0 Å². The maximum absolute atomic E-state index is 11.7. The molecule has 0 fully saturated rings. The van der Waals surface area contributed by atoms with Gasteiger partial charge in [-0.3, -0.25) is 9.59 Å². The summed E-state index contributed by atoms with van der Waals surface area (Å²) < 4.78 is 4.83. The maximum atomic E-state index is 11.7. The smallest absolute Gasteiger partial charge is 0.329 e. The summed E-state index contributed by atoms with van der Waals surface area (Å²) in [5.41, 5.74) is 5.92. The van der Waals surface area contributed by atoms with Crippen molar-refractivity contribution in [3.63, 3.8) is 0 Å². The molecule has 0 bridgehead atoms. The van der Waals surface area contributed by atoms with Gasteiger partial charge in [-0.15, -0.1) is 0 Å². The fourth-order valence-electron chi connectivity index (χ4n) is 1.70. The summed E-state index contributed by atoms with van der Waals surface area (Å²) in [4.78, 5) is 34.1. The Morgan fingerprint density at radius 2 is 1.92 bits per heavy atom. The van der Waals surface area contributed by atoms with Crippen LogP contribution in [0.2, 0.25) is 0 Å². The van der Waals surface area contributed by atoms with Crippen LogP contribution in [0, 0.1) is 0 Å². The van der Waals surface area contributed by atoms with Gasteiger partial charge in [0.2, 0.25) is 5.91 Å². The van der Waals surface area contributed by atoms with E-state index < -0.39 is 36.5 Å². The highest BCUT2D eigenvalue weighted by atomic mass is 16.5. The second kappa shape index (κ2) is 8.73. The number of aryl methyl sites for hydroxylation is 1. The first-order chi connectivity index (χ1) is 11.2. The minimum Gasteiger partial charge on any atom is -0.504 e. The first-order valence-electron chi connectivity index (χ1n) is 7.16. The van der Waals surface area contributed by atoms with Crippen LogP contribution in [-0.4, -0.2) is 51.9 Å². The zero-order chi connectivity index (χ0) is 18.3. The van der Waals surface area contributed by atoms with Crippen molar-refractivity contribution < 1.29 is 34.4 Å². The highest BCUT2D eigenvalue weighted by Gasteiger charge is 2.23. The number of carbonyl (C=O) groups is 3. The third-order valence-electron chi connectivity index (χ3n) is 3.10. The Morgan fingerprint density at radius 3 is 2.46 bits per heavy atom. The molecule has 0 radical (unpaired) electrons. The van der Waals surface area contributed by atoms with E-state index in [-0.39, 0.29) is 24.3 Å². The van der Waals surface area contributed by atoms with Crippen LogP contribution in [0.1, 0.15) is 18.9 Å². The number of benzene rings is 1. The second-order valence-electron chi connectivity index (χ2n) is 5.19. The quantitative estimate of drug-likeness (QED) is 0.312. The fourth-order valence-corrected chi connectivity index (χ4v) is 1.70. The monoisotopic (exact) mass is 340 g/mol. The van der Waals surface area contributed by atoms with Crippen LogP contribution < -0.4 is 11.1 Å². The van der Waals surface area contributed by atoms with Gasteiger partial charge in [0, 0.05) is 6.42 Å². The SMILES string of the molecule is C[C@@H](N)C(=O)N[C@@H](COC(=O)CCc1ccc(O)c(O)c1)C(=O)O. The average Bonchev–Trinajstić information content (AvgIpc) is 2.51. The largest absolute Gasteiger partial charge is 0.504 e. The molecule has 0 heterocycles. The Kier molecular flexibility index (Phi) is 6.99. The molecule has 0 saturated carbocycles. The molecular weight excluding hydrogens is 320 g/mol. The lowest BCUT2D eigenvalue weighted by molar-refractivity contribution is -0.150. The molecule has 1 aromatic rings. The van der Waals surface area contributed by atoms with Gasteiger partial charge < -0.3 is 31.1 Å². The van der Waals surface area contributed by atoms with Crippen molar-refractivity contribution >= 4 is 17.8 Å². The minimum atomic E-state index is -1.38. The number of carboxylic acid groups (broad SMARTS) is 1. The van der Waals surface area contributed by atoms with Crippen molar-refractivity contribution in [2.45, 2.75) is 31.8 Å². The van der Waals surface area contributed by atoms with E-state index in [9.17, 15) is 24.6 Å². The number of phenols is 2. The highest BCUT2D eigenvalue weighted by Crippen LogP contribution is 2.25. The molecule has 0 aliphatic heterocycles. The number of hydrogen-bond donors (Lipinski definition) is 5. The Morgan fingerprint density at radius 1 is 1.25 bits per heavy atom. The summed E-state index contributed by atoms with van der Waals surface area (Å²) in [5, 5.41) is 29.7. The summed E-state index contributed by atoms with van der Waals surface area (Å²) in [5.74, 6) is -3.25. The van der Waals surface area contributed by atoms with Crippen LogP contribution in [0.25, 0.3) is 0 Å². The van der Waals surface area contributed by atoms with Gasteiger partial charge in [-0.2, -0.15) is 0 Å². The van der Waals surface area contributed by atoms with E-state index in [0.717, 1.165) is 0 Å². The van der Waals surface area contributed by atoms with E-state index in [4.69, 9.17) is 15.6 Å². The Labute approximate surface area is 138 Å². The van der Waals surface area contributed by atoms with Crippen LogP contribution in [0.5, 0.6) is 11.5 Å². The molecular formula is C15H20N2O7. The standard InChI is InChI=1S/C15H20N2O7/c1-8(16)14(21)17-10(15(22)23)7-24-13(20)5-3-9-2-4-11(18)12(19)6-9/h2,4,6,8,10,18-19H,3,5,7,16H2,1H3,(H,17,21)(H,22,23)/t8-,10+/m1/s1. The van der Waals surface area contributed by atoms with E-state index >= 15 is 0 Å². The first-order valence-corrected chi connectivity index (χ1v) is 7.16. The number of carboxylic acids is 1. The summed E-state index contributed by atoms with van der Waals surface area (Å²) in [6.45, 7) is 0.876. The number of nitrogens with one attached hydrogen (secondary N) is 1. The van der Waals surface area contributed by atoms with Crippen molar-refractivity contribution in [2.75, 3.05) is 6.61 Å². The van der Waals surface area contributed by atoms with E-state index in [1.807, 2.05) is 0 Å². The number of carbonyl (C=O) groups excluding carboxylic acids is 2. The third kappa shape index (κ3) is 6.13. The maximum Gasteiger partial charge on any atom is 0.329 e. The molecule has 24 heavy (non-hydrogen) atoms. The molecule has 0 aliphatic carbocycles. The lowest BCUT2D eigenvalue weighted by Crippen LogP contribution is -2.49. The molecule has 1 amide bonds. The summed E-state index contributed by atoms with van der Waals surface area (Å²) >= 11 is 0. The topological polar surface area (TPSA) is 159 Å². The number of rotatable bonds is 8. The zero-order valence-electron chi connectivity index (χ0n) is 13.1. The van der Waals surface area contributed by atoms with Crippen molar-refractivity contribution in [1.29, 1.82) is 0 Å². The van der Waals surface area contributed by atoms with Gasteiger partial charge in [0.1, 0.15) is 6.61 Å². The number of ether oxygens (including phenoxy) is 1. The number of nitrogens with two attached hydrogens (primary N) is 1. The van der Waals surface area contributed by atoms with Gasteiger partial charge in [0.05, 0.1) is 6.04 Å². The number of hydrogen-bond acceptors (Lipinski definition) is 7. The van der Waals surface area contributed by atoms with E-state index in [0.29, 0.717) is 5.56 Å². The number of phenolic OH excluding ortho intramolecular Hbond substituents is 2. The molecule has 2 atom stereocenters. The molecule has 0 spiro atoms. The molecule has 0 unspecified atom stereocenters. The summed E-state index contributed by atoms with van der Waals surface area (Å²) in [6.07, 6.45) is 0.175. The molecule has 6 N–H and O–H groups in total. The predicted octanol–water partition coefficient (Wildman–Crippen LogP) is -0.510. The first kappa shape index (κ1) is 19.2. The summed E-state index contributed by atoms with van der Waals surface area (Å²) in [6, 6.07) is 1.87. The fraction of sp³-hybridized carbons (Fsp3) is 0.400. The van der Waals surface area contributed by atoms with Gasteiger partial charge in [0.15, 0.2) is 17.5 Å². The molecule has 0 aliphatic rings. The second-order valence-corrected chi connectivity index (χ2v) is 5.19. The normalized spacial score (nSPS) is 12.9. The molecule has 9 nitrogen and oxygen atoms in total. The Balaban J connectivity index is 2.46. The van der Waals surface area contributed by atoms with Gasteiger partial charge in [0.25, 0.3) is 0 Å². The van der Waals surface area contributed by atoms with Crippen molar-refractivity contribution in [1.82, 2.24) is 5.32 Å². The van der Waals surface area contributed by atoms with Gasteiger partial charge in [-0.05, 0) is 31.0 Å². The predicted molar refractivity (Wildman–Crippen MR) is 82.3 cm³/mol. The van der Waals surface area contributed by atoms with Crippen LogP contribution in [-0.2, 0) is 25.5 Å². The zero-order valence-corrected chi connectivity index (χ0v) is 13.1. The Hall–Kier alpha value is -2.81. The highest BCUT2D eigenvalue weighted by molar-refractivity contribution is 5.86. The van der Waals surface area contributed by atoms with Crippen LogP contribution in [0.4, 0.5) is 0 Å². The van der Waals surface area contributed by atoms with Crippen LogP contribution >= 0.6 is 0 Å². The van der Waals surface area contributed by atoms with Crippen LogP contribution in [0.3, 0.4) is 0 Å². The molecule has 0 saturated heterocycles. The number of esters is 1. The average molecular weight is 340 g/mol. The molecule has 0 aromatic heterocycles. The number of aromatic hydroxyl groups is 2. The Bertz CT molecular complexity index is 616. The lowest BCUT2D eigenvalue weighted by Gasteiger charge is -2.16. The number of amides is 1.